The van der Waals surface area contributed by atoms with E-state index in [4.69, 9.17) is 14.2 Å². The van der Waals surface area contributed by atoms with Gasteiger partial charge in [0.05, 0.1) is 55.0 Å². The van der Waals surface area contributed by atoms with E-state index < -0.39 is 22.7 Å². The smallest absolute Gasteiger partial charge is 0.355 e. The Balaban J connectivity index is 1.84. The molecule has 0 saturated heterocycles. The van der Waals surface area contributed by atoms with Crippen LogP contribution in [-0.2, 0) is 46.9 Å². The van der Waals surface area contributed by atoms with Crippen molar-refractivity contribution in [2.45, 2.75) is 30.5 Å². The Hall–Kier alpha value is -2.98. The number of hydrogen-bond donors (Lipinski definition) is 0. The van der Waals surface area contributed by atoms with E-state index in [9.17, 15) is 13.8 Å². The standard InChI is InChI=1S/C21H25N3O6S/c1-4-9-23-13-22-10-16(23)12-31(27)17-7-5-15(6-8-17)24-14-30-11-18(20(25)28-2)19(24)21(26)29-3/h5-8,10,13H,4,9,11-12,14H2,1-3H3. The van der Waals surface area contributed by atoms with Crippen LogP contribution in [0.3, 0.4) is 0 Å². The van der Waals surface area contributed by atoms with E-state index in [2.05, 4.69) is 11.9 Å². The topological polar surface area (TPSA) is 100.0 Å². The average Bonchev–Trinajstić information content (AvgIpc) is 3.24. The Morgan fingerprint density at radius 1 is 1.16 bits per heavy atom. The lowest BCUT2D eigenvalue weighted by Gasteiger charge is -2.31. The summed E-state index contributed by atoms with van der Waals surface area (Å²) in [6.45, 7) is 2.91. The predicted octanol–water partition coefficient (Wildman–Crippen LogP) is 2.00. The van der Waals surface area contributed by atoms with Gasteiger partial charge in [-0.1, -0.05) is 6.92 Å². The van der Waals surface area contributed by atoms with Crippen LogP contribution in [0, 0.1) is 0 Å². The zero-order valence-electron chi connectivity index (χ0n) is 17.7. The number of carbonyl (C=O) groups is 2. The second-order valence-electron chi connectivity index (χ2n) is 6.78. The van der Waals surface area contributed by atoms with Crippen LogP contribution in [0.25, 0.3) is 0 Å². The zero-order chi connectivity index (χ0) is 22.4. The van der Waals surface area contributed by atoms with Gasteiger partial charge in [-0.05, 0) is 30.7 Å². The molecule has 1 aromatic carbocycles. The number of aryl methyl sites for hydroxylation is 1. The van der Waals surface area contributed by atoms with Crippen molar-refractivity contribution in [2.75, 3.05) is 32.5 Å². The summed E-state index contributed by atoms with van der Waals surface area (Å²) in [5.74, 6) is -0.974. The number of benzene rings is 1. The van der Waals surface area contributed by atoms with E-state index in [1.807, 2.05) is 4.57 Å². The SMILES string of the molecule is CCCn1cncc1CS(=O)c1ccc(N2COCC(C(=O)OC)=C2C(=O)OC)cc1. The maximum atomic E-state index is 12.8. The van der Waals surface area contributed by atoms with Gasteiger partial charge >= 0.3 is 11.9 Å². The second kappa shape index (κ2) is 10.4. The molecule has 0 fully saturated rings. The monoisotopic (exact) mass is 447 g/mol. The quantitative estimate of drug-likeness (QED) is 0.567. The van der Waals surface area contributed by atoms with Crippen LogP contribution in [0.5, 0.6) is 0 Å². The number of nitrogens with zero attached hydrogens (tertiary/aromatic N) is 3. The number of carbonyl (C=O) groups excluding carboxylic acids is 2. The summed E-state index contributed by atoms with van der Waals surface area (Å²) in [7, 11) is 1.22. The fourth-order valence-electron chi connectivity index (χ4n) is 3.25. The summed E-state index contributed by atoms with van der Waals surface area (Å²) < 4.78 is 29.9. The van der Waals surface area contributed by atoms with Crippen molar-refractivity contribution in [1.82, 2.24) is 9.55 Å². The summed E-state index contributed by atoms with van der Waals surface area (Å²) >= 11 is 0. The first-order chi connectivity index (χ1) is 15.0. The number of ether oxygens (including phenoxy) is 3. The average molecular weight is 448 g/mol. The second-order valence-corrected chi connectivity index (χ2v) is 8.23. The molecule has 0 bridgehead atoms. The lowest BCUT2D eigenvalue weighted by molar-refractivity contribution is -0.140. The first-order valence-electron chi connectivity index (χ1n) is 9.72. The molecule has 31 heavy (non-hydrogen) atoms. The van der Waals surface area contributed by atoms with E-state index >= 15 is 0 Å². The van der Waals surface area contributed by atoms with Crippen LogP contribution in [0.2, 0.25) is 0 Å². The normalized spacial score (nSPS) is 15.0. The third-order valence-electron chi connectivity index (χ3n) is 4.79. The van der Waals surface area contributed by atoms with Crippen molar-refractivity contribution in [2.24, 2.45) is 0 Å². The largest absolute Gasteiger partial charge is 0.466 e. The molecular formula is C21H25N3O6S. The minimum atomic E-state index is -1.26. The number of methoxy groups -OCH3 is 2. The summed E-state index contributed by atoms with van der Waals surface area (Å²) in [6, 6.07) is 6.91. The fourth-order valence-corrected chi connectivity index (χ4v) is 4.37. The van der Waals surface area contributed by atoms with Crippen LogP contribution in [-0.4, -0.2) is 53.3 Å². The Morgan fingerprint density at radius 2 is 1.87 bits per heavy atom. The van der Waals surface area contributed by atoms with Gasteiger partial charge in [0.15, 0.2) is 0 Å². The first kappa shape index (κ1) is 22.7. The molecule has 2 heterocycles. The van der Waals surface area contributed by atoms with Gasteiger partial charge < -0.3 is 23.7 Å². The molecule has 0 radical (unpaired) electrons. The van der Waals surface area contributed by atoms with E-state index in [0.29, 0.717) is 16.3 Å². The van der Waals surface area contributed by atoms with Crippen molar-refractivity contribution in [3.63, 3.8) is 0 Å². The third kappa shape index (κ3) is 5.02. The fraction of sp³-hybridized carbons (Fsp3) is 0.381. The Labute approximate surface area is 183 Å². The minimum absolute atomic E-state index is 0.0544. The molecule has 0 aliphatic carbocycles. The molecule has 1 aliphatic rings. The van der Waals surface area contributed by atoms with Gasteiger partial charge in [-0.15, -0.1) is 0 Å². The summed E-state index contributed by atoms with van der Waals surface area (Å²) in [5, 5.41) is 0. The molecule has 0 saturated carbocycles. The molecule has 0 spiro atoms. The van der Waals surface area contributed by atoms with Crippen molar-refractivity contribution in [1.29, 1.82) is 0 Å². The zero-order valence-corrected chi connectivity index (χ0v) is 18.5. The number of imidazole rings is 1. The Morgan fingerprint density at radius 3 is 2.52 bits per heavy atom. The summed E-state index contributed by atoms with van der Waals surface area (Å²) in [6.07, 6.45) is 4.44. The lowest BCUT2D eigenvalue weighted by Crippen LogP contribution is -2.38. The van der Waals surface area contributed by atoms with Crippen LogP contribution < -0.4 is 4.90 Å². The molecule has 166 valence electrons. The highest BCUT2D eigenvalue weighted by Crippen LogP contribution is 2.27. The molecule has 10 heteroatoms. The highest BCUT2D eigenvalue weighted by molar-refractivity contribution is 7.84. The van der Waals surface area contributed by atoms with Crippen molar-refractivity contribution >= 4 is 28.4 Å². The molecular weight excluding hydrogens is 422 g/mol. The van der Waals surface area contributed by atoms with Crippen molar-refractivity contribution < 1.29 is 28.0 Å². The molecule has 0 amide bonds. The Bertz CT molecular complexity index is 999. The minimum Gasteiger partial charge on any atom is -0.466 e. The number of hydrogen-bond acceptors (Lipinski definition) is 8. The van der Waals surface area contributed by atoms with Gasteiger partial charge in [0.1, 0.15) is 12.4 Å². The highest BCUT2D eigenvalue weighted by Gasteiger charge is 2.32. The summed E-state index contributed by atoms with van der Waals surface area (Å²) in [4.78, 5) is 30.8. The van der Waals surface area contributed by atoms with E-state index in [-0.39, 0.29) is 24.6 Å². The van der Waals surface area contributed by atoms with Gasteiger partial charge in [0, 0.05) is 23.3 Å². The van der Waals surface area contributed by atoms with Gasteiger partial charge in [-0.25, -0.2) is 14.6 Å². The van der Waals surface area contributed by atoms with Crippen LogP contribution in [0.15, 0.2) is 53.0 Å². The maximum Gasteiger partial charge on any atom is 0.355 e. The van der Waals surface area contributed by atoms with Gasteiger partial charge in [0.25, 0.3) is 0 Å². The molecule has 0 N–H and O–H groups in total. The van der Waals surface area contributed by atoms with Crippen LogP contribution in [0.1, 0.15) is 19.0 Å². The number of esters is 2. The maximum absolute atomic E-state index is 12.8. The number of anilines is 1. The molecule has 1 unspecified atom stereocenters. The van der Waals surface area contributed by atoms with Crippen molar-refractivity contribution in [3.05, 3.63) is 53.8 Å². The number of rotatable bonds is 8. The van der Waals surface area contributed by atoms with Crippen LogP contribution >= 0.6 is 0 Å². The molecule has 3 rings (SSSR count). The van der Waals surface area contributed by atoms with E-state index in [0.717, 1.165) is 18.7 Å². The predicted molar refractivity (Wildman–Crippen MR) is 113 cm³/mol. The third-order valence-corrected chi connectivity index (χ3v) is 6.14. The van der Waals surface area contributed by atoms with E-state index in [1.54, 1.807) is 36.8 Å². The first-order valence-corrected chi connectivity index (χ1v) is 11.0. The molecule has 1 atom stereocenters. The number of aromatic nitrogens is 2. The van der Waals surface area contributed by atoms with E-state index in [1.165, 1.54) is 19.1 Å². The van der Waals surface area contributed by atoms with Crippen LogP contribution in [0.4, 0.5) is 5.69 Å². The molecule has 1 aromatic heterocycles. The highest BCUT2D eigenvalue weighted by atomic mass is 32.2. The molecule has 2 aromatic rings. The molecule has 1 aliphatic heterocycles. The van der Waals surface area contributed by atoms with Crippen molar-refractivity contribution in [3.8, 4) is 0 Å². The summed E-state index contributed by atoms with van der Waals surface area (Å²) in [5.41, 5.74) is 1.65. The van der Waals surface area contributed by atoms with Gasteiger partial charge in [-0.3, -0.25) is 4.21 Å². The molecule has 9 nitrogen and oxygen atoms in total. The van der Waals surface area contributed by atoms with Gasteiger partial charge in [0.2, 0.25) is 0 Å². The van der Waals surface area contributed by atoms with Gasteiger partial charge in [-0.2, -0.15) is 0 Å². The Kier molecular flexibility index (Phi) is 7.59. The lowest BCUT2D eigenvalue weighted by atomic mass is 10.1.